The fourth-order valence-corrected chi connectivity index (χ4v) is 1.29. The Morgan fingerprint density at radius 2 is 2.07 bits per heavy atom. The molecule has 0 aliphatic rings. The SMILES string of the molecule is Cc1cc(NCCCCN)nc(C)n1. The molecule has 4 nitrogen and oxygen atoms in total. The quantitative estimate of drug-likeness (QED) is 0.692. The number of anilines is 1. The molecule has 0 saturated carbocycles. The van der Waals surface area contributed by atoms with Gasteiger partial charge in [0.05, 0.1) is 0 Å². The summed E-state index contributed by atoms with van der Waals surface area (Å²) in [4.78, 5) is 8.49. The fraction of sp³-hybridized carbons (Fsp3) is 0.600. The van der Waals surface area contributed by atoms with E-state index >= 15 is 0 Å². The Balaban J connectivity index is 2.42. The van der Waals surface area contributed by atoms with Gasteiger partial charge < -0.3 is 11.1 Å². The van der Waals surface area contributed by atoms with Crippen LogP contribution in [0.25, 0.3) is 0 Å². The lowest BCUT2D eigenvalue weighted by Crippen LogP contribution is -2.07. The van der Waals surface area contributed by atoms with Crippen LogP contribution in [0.4, 0.5) is 5.82 Å². The van der Waals surface area contributed by atoms with Crippen LogP contribution in [0.1, 0.15) is 24.4 Å². The maximum atomic E-state index is 5.40. The van der Waals surface area contributed by atoms with Crippen LogP contribution in [0.2, 0.25) is 0 Å². The van der Waals surface area contributed by atoms with Crippen molar-refractivity contribution in [1.82, 2.24) is 9.97 Å². The molecule has 14 heavy (non-hydrogen) atoms. The zero-order chi connectivity index (χ0) is 10.4. The topological polar surface area (TPSA) is 63.8 Å². The van der Waals surface area contributed by atoms with Crippen LogP contribution < -0.4 is 11.1 Å². The van der Waals surface area contributed by atoms with Crippen LogP contribution >= 0.6 is 0 Å². The third-order valence-electron chi connectivity index (χ3n) is 1.90. The van der Waals surface area contributed by atoms with Gasteiger partial charge in [0, 0.05) is 18.3 Å². The molecule has 0 bridgehead atoms. The van der Waals surface area contributed by atoms with Crippen molar-refractivity contribution in [3.63, 3.8) is 0 Å². The summed E-state index contributed by atoms with van der Waals surface area (Å²) in [6.45, 7) is 5.55. The van der Waals surface area contributed by atoms with Gasteiger partial charge in [0.2, 0.25) is 0 Å². The number of hydrogen-bond donors (Lipinski definition) is 2. The van der Waals surface area contributed by atoms with Gasteiger partial charge in [0.1, 0.15) is 11.6 Å². The molecule has 78 valence electrons. The lowest BCUT2D eigenvalue weighted by molar-refractivity contribution is 0.771. The van der Waals surface area contributed by atoms with E-state index in [1.165, 1.54) is 0 Å². The van der Waals surface area contributed by atoms with Gasteiger partial charge >= 0.3 is 0 Å². The van der Waals surface area contributed by atoms with Crippen molar-refractivity contribution < 1.29 is 0 Å². The van der Waals surface area contributed by atoms with Crippen LogP contribution in [0, 0.1) is 13.8 Å². The molecule has 1 aromatic heterocycles. The third-order valence-corrected chi connectivity index (χ3v) is 1.90. The van der Waals surface area contributed by atoms with Gasteiger partial charge in [-0.2, -0.15) is 0 Å². The average Bonchev–Trinajstić information content (AvgIpc) is 2.11. The molecule has 0 radical (unpaired) electrons. The van der Waals surface area contributed by atoms with E-state index in [1.54, 1.807) is 0 Å². The summed E-state index contributed by atoms with van der Waals surface area (Å²) >= 11 is 0. The fourth-order valence-electron chi connectivity index (χ4n) is 1.29. The first-order valence-corrected chi connectivity index (χ1v) is 4.98. The lowest BCUT2D eigenvalue weighted by atomic mass is 10.3. The second-order valence-electron chi connectivity index (χ2n) is 3.36. The summed E-state index contributed by atoms with van der Waals surface area (Å²) in [5, 5.41) is 3.25. The predicted molar refractivity (Wildman–Crippen MR) is 58.3 cm³/mol. The van der Waals surface area contributed by atoms with Crippen LogP contribution in [-0.2, 0) is 0 Å². The van der Waals surface area contributed by atoms with Gasteiger partial charge in [-0.3, -0.25) is 0 Å². The molecule has 0 amide bonds. The first kappa shape index (κ1) is 10.9. The van der Waals surface area contributed by atoms with Gasteiger partial charge in [-0.25, -0.2) is 9.97 Å². The average molecular weight is 194 g/mol. The molecule has 0 saturated heterocycles. The molecule has 0 aromatic carbocycles. The summed E-state index contributed by atoms with van der Waals surface area (Å²) in [5.74, 6) is 1.72. The summed E-state index contributed by atoms with van der Waals surface area (Å²) < 4.78 is 0. The van der Waals surface area contributed by atoms with E-state index in [1.807, 2.05) is 19.9 Å². The number of nitrogens with zero attached hydrogens (tertiary/aromatic N) is 2. The van der Waals surface area contributed by atoms with Crippen molar-refractivity contribution >= 4 is 5.82 Å². The molecular weight excluding hydrogens is 176 g/mol. The Morgan fingerprint density at radius 1 is 1.29 bits per heavy atom. The standard InChI is InChI=1S/C10H18N4/c1-8-7-10(14-9(2)13-8)12-6-4-3-5-11/h7H,3-6,11H2,1-2H3,(H,12,13,14). The highest BCUT2D eigenvalue weighted by Crippen LogP contribution is 2.05. The van der Waals surface area contributed by atoms with Gasteiger partial charge in [0.25, 0.3) is 0 Å². The maximum absolute atomic E-state index is 5.40. The molecule has 1 aromatic rings. The smallest absolute Gasteiger partial charge is 0.129 e. The molecule has 0 fully saturated rings. The number of rotatable bonds is 5. The van der Waals surface area contributed by atoms with Gasteiger partial charge in [-0.1, -0.05) is 0 Å². The van der Waals surface area contributed by atoms with E-state index < -0.39 is 0 Å². The zero-order valence-corrected chi connectivity index (χ0v) is 8.88. The molecular formula is C10H18N4. The van der Waals surface area contributed by atoms with Crippen LogP contribution in [-0.4, -0.2) is 23.1 Å². The van der Waals surface area contributed by atoms with Crippen molar-refractivity contribution in [1.29, 1.82) is 0 Å². The Morgan fingerprint density at radius 3 is 2.71 bits per heavy atom. The summed E-state index contributed by atoms with van der Waals surface area (Å²) in [6.07, 6.45) is 2.13. The predicted octanol–water partition coefficient (Wildman–Crippen LogP) is 1.24. The largest absolute Gasteiger partial charge is 0.370 e. The zero-order valence-electron chi connectivity index (χ0n) is 8.88. The van der Waals surface area contributed by atoms with E-state index in [-0.39, 0.29) is 0 Å². The van der Waals surface area contributed by atoms with Gasteiger partial charge in [-0.05, 0) is 33.2 Å². The summed E-state index contributed by atoms with van der Waals surface area (Å²) in [5.41, 5.74) is 6.40. The van der Waals surface area contributed by atoms with E-state index in [0.717, 1.165) is 43.3 Å². The number of aryl methyl sites for hydroxylation is 2. The van der Waals surface area contributed by atoms with Crippen LogP contribution in [0.15, 0.2) is 6.07 Å². The van der Waals surface area contributed by atoms with E-state index in [0.29, 0.717) is 0 Å². The number of unbranched alkanes of at least 4 members (excludes halogenated alkanes) is 1. The molecule has 1 rings (SSSR count). The first-order valence-electron chi connectivity index (χ1n) is 4.98. The summed E-state index contributed by atoms with van der Waals surface area (Å²) in [6, 6.07) is 1.95. The van der Waals surface area contributed by atoms with Gasteiger partial charge in [-0.15, -0.1) is 0 Å². The highest BCUT2D eigenvalue weighted by Gasteiger charge is 1.96. The minimum absolute atomic E-state index is 0.753. The van der Waals surface area contributed by atoms with Crippen molar-refractivity contribution in [3.8, 4) is 0 Å². The normalized spacial score (nSPS) is 10.2. The number of aromatic nitrogens is 2. The van der Waals surface area contributed by atoms with Crippen molar-refractivity contribution in [2.24, 2.45) is 5.73 Å². The molecule has 1 heterocycles. The molecule has 4 heteroatoms. The minimum Gasteiger partial charge on any atom is -0.370 e. The number of nitrogens with two attached hydrogens (primary N) is 1. The third kappa shape index (κ3) is 3.70. The first-order chi connectivity index (χ1) is 6.72. The molecule has 0 atom stereocenters. The molecule has 0 aliphatic heterocycles. The van der Waals surface area contributed by atoms with E-state index in [9.17, 15) is 0 Å². The molecule has 0 aliphatic carbocycles. The summed E-state index contributed by atoms with van der Waals surface area (Å²) in [7, 11) is 0. The van der Waals surface area contributed by atoms with Crippen LogP contribution in [0.3, 0.4) is 0 Å². The lowest BCUT2D eigenvalue weighted by Gasteiger charge is -2.06. The molecule has 3 N–H and O–H groups in total. The van der Waals surface area contributed by atoms with Crippen molar-refractivity contribution in [2.75, 3.05) is 18.4 Å². The monoisotopic (exact) mass is 194 g/mol. The second-order valence-corrected chi connectivity index (χ2v) is 3.36. The van der Waals surface area contributed by atoms with Crippen molar-refractivity contribution in [3.05, 3.63) is 17.6 Å². The number of hydrogen-bond acceptors (Lipinski definition) is 4. The van der Waals surface area contributed by atoms with Crippen molar-refractivity contribution in [2.45, 2.75) is 26.7 Å². The molecule has 0 unspecified atom stereocenters. The Bertz CT molecular complexity index is 265. The highest BCUT2D eigenvalue weighted by molar-refractivity contribution is 5.35. The second kappa shape index (κ2) is 5.54. The Kier molecular flexibility index (Phi) is 4.32. The molecule has 0 spiro atoms. The Labute approximate surface area is 85.0 Å². The van der Waals surface area contributed by atoms with Crippen LogP contribution in [0.5, 0.6) is 0 Å². The van der Waals surface area contributed by atoms with E-state index in [4.69, 9.17) is 5.73 Å². The number of nitrogens with one attached hydrogen (secondary N) is 1. The van der Waals surface area contributed by atoms with E-state index in [2.05, 4.69) is 15.3 Å². The van der Waals surface area contributed by atoms with Gasteiger partial charge in [0.15, 0.2) is 0 Å². The highest BCUT2D eigenvalue weighted by atomic mass is 15.0. The minimum atomic E-state index is 0.753. The Hall–Kier alpha value is -1.16. The maximum Gasteiger partial charge on any atom is 0.129 e.